The Morgan fingerprint density at radius 3 is 1.48 bits per heavy atom. The third-order valence-electron chi connectivity index (χ3n) is 6.12. The van der Waals surface area contributed by atoms with Crippen molar-refractivity contribution in [2.45, 2.75) is 45.7 Å². The monoisotopic (exact) mass is 561 g/mol. The highest BCUT2D eigenvalue weighted by Crippen LogP contribution is 2.15. The molecule has 12 nitrogen and oxygen atoms in total. The van der Waals surface area contributed by atoms with Crippen LogP contribution in [0.1, 0.15) is 49.0 Å². The molecule has 1 aromatic carbocycles. The second-order valence-electron chi connectivity index (χ2n) is 9.48. The minimum absolute atomic E-state index is 0.183. The lowest BCUT2D eigenvalue weighted by Gasteiger charge is -2.37. The number of rotatable bonds is 8. The van der Waals surface area contributed by atoms with Crippen molar-refractivity contribution in [3.05, 3.63) is 59.7 Å². The molecule has 4 N–H and O–H groups in total. The number of likely N-dealkylation sites (tertiary alicyclic amines) is 1. The van der Waals surface area contributed by atoms with E-state index in [1.807, 2.05) is 17.0 Å². The summed E-state index contributed by atoms with van der Waals surface area (Å²) in [6.45, 7) is 11.5. The first-order chi connectivity index (χ1) is 18.9. The van der Waals surface area contributed by atoms with Gasteiger partial charge in [-0.2, -0.15) is 0 Å². The van der Waals surface area contributed by atoms with Crippen LogP contribution in [0.3, 0.4) is 0 Å². The number of aliphatic carboxylic acids is 4. The molecule has 2 aliphatic rings. The summed E-state index contributed by atoms with van der Waals surface area (Å²) < 4.78 is 0. The summed E-state index contributed by atoms with van der Waals surface area (Å²) in [6.07, 6.45) is 6.24. The summed E-state index contributed by atoms with van der Waals surface area (Å²) in [5, 5.41) is 31.2. The lowest BCUT2D eigenvalue weighted by Crippen LogP contribution is -2.50. The van der Waals surface area contributed by atoms with E-state index in [1.54, 1.807) is 0 Å². The number of carbonyl (C=O) groups is 5. The van der Waals surface area contributed by atoms with Crippen molar-refractivity contribution < 1.29 is 44.4 Å². The molecule has 0 unspecified atom stereocenters. The Morgan fingerprint density at radius 1 is 0.675 bits per heavy atom. The van der Waals surface area contributed by atoms with Crippen molar-refractivity contribution >= 4 is 29.8 Å². The van der Waals surface area contributed by atoms with Crippen molar-refractivity contribution in [2.75, 3.05) is 39.3 Å². The topological polar surface area (TPSA) is 176 Å². The zero-order valence-corrected chi connectivity index (χ0v) is 22.9. The first-order valence-electron chi connectivity index (χ1n) is 13.0. The predicted octanol–water partition coefficient (Wildman–Crippen LogP) is 2.26. The minimum Gasteiger partial charge on any atom is -0.478 e. The first-order valence-corrected chi connectivity index (χ1v) is 13.0. The van der Waals surface area contributed by atoms with Gasteiger partial charge in [0.05, 0.1) is 0 Å². The van der Waals surface area contributed by atoms with Crippen LogP contribution in [-0.2, 0) is 25.7 Å². The Bertz CT molecular complexity index is 972. The number of piperazine rings is 1. The van der Waals surface area contributed by atoms with Crippen molar-refractivity contribution in [3.63, 3.8) is 0 Å². The van der Waals surface area contributed by atoms with Gasteiger partial charge in [-0.1, -0.05) is 18.6 Å². The molecule has 220 valence electrons. The van der Waals surface area contributed by atoms with Gasteiger partial charge in [0, 0.05) is 68.6 Å². The lowest BCUT2D eigenvalue weighted by molar-refractivity contribution is -0.134. The van der Waals surface area contributed by atoms with E-state index < -0.39 is 23.9 Å². The third kappa shape index (κ3) is 14.8. The molecular formula is C28H39N3O9. The fourth-order valence-electron chi connectivity index (χ4n) is 4.04. The maximum absolute atomic E-state index is 12.7. The van der Waals surface area contributed by atoms with Gasteiger partial charge in [0.2, 0.25) is 0 Å². The normalized spacial score (nSPS) is 16.1. The second kappa shape index (κ2) is 18.3. The van der Waals surface area contributed by atoms with E-state index in [-0.39, 0.29) is 5.91 Å². The van der Waals surface area contributed by atoms with Gasteiger partial charge < -0.3 is 25.3 Å². The average molecular weight is 562 g/mol. The molecule has 12 heteroatoms. The van der Waals surface area contributed by atoms with E-state index in [9.17, 15) is 24.0 Å². The molecule has 2 fully saturated rings. The number of hydrogen-bond donors (Lipinski definition) is 4. The molecule has 2 heterocycles. The van der Waals surface area contributed by atoms with E-state index in [0.717, 1.165) is 38.3 Å². The number of hydrogen-bond acceptors (Lipinski definition) is 7. The Kier molecular flexibility index (Phi) is 15.5. The minimum atomic E-state index is -1.26. The van der Waals surface area contributed by atoms with Crippen LogP contribution in [0.25, 0.3) is 0 Å². The number of amides is 1. The number of carboxylic acid groups (broad SMARTS) is 4. The van der Waals surface area contributed by atoms with Gasteiger partial charge in [0.25, 0.3) is 5.91 Å². The van der Waals surface area contributed by atoms with Crippen molar-refractivity contribution in [2.24, 2.45) is 0 Å². The Hall–Kier alpha value is -4.03. The van der Waals surface area contributed by atoms with Crippen LogP contribution in [0.5, 0.6) is 0 Å². The molecule has 3 rings (SSSR count). The standard InChI is InChI=1S/C20H31N3O.2C4H4O4/c1-17(2)22-12-14-23(15-13-22)20(24)19-8-6-18(7-9-19)16-21-10-4-3-5-11-21;2*5-3(6)1-2-4(7)8/h6-9,17H,3-5,10-16H2,1-2H3;2*1-2H,(H,5,6)(H,7,8)/b;2*2-1-. The zero-order chi connectivity index (χ0) is 30.1. The van der Waals surface area contributed by atoms with E-state index in [1.165, 1.54) is 37.9 Å². The molecule has 0 atom stereocenters. The van der Waals surface area contributed by atoms with Gasteiger partial charge in [-0.3, -0.25) is 14.6 Å². The molecule has 0 saturated carbocycles. The summed E-state index contributed by atoms with van der Waals surface area (Å²) in [4.78, 5) is 57.8. The lowest BCUT2D eigenvalue weighted by atomic mass is 10.1. The van der Waals surface area contributed by atoms with E-state index >= 15 is 0 Å². The van der Waals surface area contributed by atoms with Crippen LogP contribution in [0.15, 0.2) is 48.6 Å². The molecule has 1 aromatic rings. The Morgan fingerprint density at radius 2 is 1.10 bits per heavy atom. The van der Waals surface area contributed by atoms with Crippen LogP contribution in [0, 0.1) is 0 Å². The Balaban J connectivity index is 0.000000412. The maximum Gasteiger partial charge on any atom is 0.328 e. The number of benzene rings is 1. The maximum atomic E-state index is 12.7. The SMILES string of the molecule is CC(C)N1CCN(C(=O)c2ccc(CN3CCCCC3)cc2)CC1.O=C(O)/C=C\C(=O)O.O=C(O)/C=C\C(=O)O. The Labute approximate surface area is 233 Å². The van der Waals surface area contributed by atoms with Crippen LogP contribution in [-0.4, -0.2) is 110 Å². The molecule has 1 amide bonds. The molecular weight excluding hydrogens is 522 g/mol. The second-order valence-corrected chi connectivity index (χ2v) is 9.48. The molecule has 0 aromatic heterocycles. The summed E-state index contributed by atoms with van der Waals surface area (Å²) in [7, 11) is 0. The number of piperidine rings is 1. The predicted molar refractivity (Wildman–Crippen MR) is 147 cm³/mol. The van der Waals surface area contributed by atoms with E-state index in [2.05, 4.69) is 35.8 Å². The summed E-state index contributed by atoms with van der Waals surface area (Å²) in [6, 6.07) is 8.85. The first kappa shape index (κ1) is 34.0. The van der Waals surface area contributed by atoms with Crippen LogP contribution < -0.4 is 0 Å². The molecule has 0 aliphatic carbocycles. The highest BCUT2D eigenvalue weighted by Gasteiger charge is 2.23. The van der Waals surface area contributed by atoms with Gasteiger partial charge in [-0.05, 0) is 57.5 Å². The van der Waals surface area contributed by atoms with Gasteiger partial charge in [-0.15, -0.1) is 0 Å². The molecule has 2 aliphatic heterocycles. The van der Waals surface area contributed by atoms with Crippen LogP contribution in [0.4, 0.5) is 0 Å². The number of nitrogens with zero attached hydrogens (tertiary/aromatic N) is 3. The van der Waals surface area contributed by atoms with Gasteiger partial charge >= 0.3 is 23.9 Å². The van der Waals surface area contributed by atoms with E-state index in [0.29, 0.717) is 30.3 Å². The highest BCUT2D eigenvalue weighted by atomic mass is 16.4. The molecule has 0 radical (unpaired) electrons. The fourth-order valence-corrected chi connectivity index (χ4v) is 4.04. The summed E-state index contributed by atoms with van der Waals surface area (Å²) >= 11 is 0. The van der Waals surface area contributed by atoms with Gasteiger partial charge in [0.1, 0.15) is 0 Å². The zero-order valence-electron chi connectivity index (χ0n) is 22.9. The highest BCUT2D eigenvalue weighted by molar-refractivity contribution is 5.94. The summed E-state index contributed by atoms with van der Waals surface area (Å²) in [5.41, 5.74) is 2.15. The summed E-state index contributed by atoms with van der Waals surface area (Å²) in [5.74, 6) is -4.84. The van der Waals surface area contributed by atoms with Crippen molar-refractivity contribution in [3.8, 4) is 0 Å². The van der Waals surface area contributed by atoms with Crippen molar-refractivity contribution in [1.82, 2.24) is 14.7 Å². The van der Waals surface area contributed by atoms with Crippen LogP contribution in [0.2, 0.25) is 0 Å². The molecule has 0 bridgehead atoms. The van der Waals surface area contributed by atoms with Crippen LogP contribution >= 0.6 is 0 Å². The fraction of sp³-hybridized carbons (Fsp3) is 0.464. The molecule has 40 heavy (non-hydrogen) atoms. The van der Waals surface area contributed by atoms with Gasteiger partial charge in [0.15, 0.2) is 0 Å². The quantitative estimate of drug-likeness (QED) is 0.343. The molecule has 0 spiro atoms. The van der Waals surface area contributed by atoms with E-state index in [4.69, 9.17) is 20.4 Å². The average Bonchev–Trinajstić information content (AvgIpc) is 2.92. The van der Waals surface area contributed by atoms with Gasteiger partial charge in [-0.25, -0.2) is 19.2 Å². The largest absolute Gasteiger partial charge is 0.478 e. The number of carbonyl (C=O) groups excluding carboxylic acids is 1. The molecule has 2 saturated heterocycles. The number of carboxylic acids is 4. The third-order valence-corrected chi connectivity index (χ3v) is 6.12. The van der Waals surface area contributed by atoms with Crippen molar-refractivity contribution in [1.29, 1.82) is 0 Å². The smallest absolute Gasteiger partial charge is 0.328 e.